The average Bonchev–Trinajstić information content (AvgIpc) is 3.22. The van der Waals surface area contributed by atoms with Gasteiger partial charge in [-0.3, -0.25) is 4.79 Å². The predicted octanol–water partition coefficient (Wildman–Crippen LogP) is 4.38. The molecule has 0 bridgehead atoms. The first-order valence-electron chi connectivity index (χ1n) is 9.92. The molecule has 1 heterocycles. The molecule has 0 spiro atoms. The van der Waals surface area contributed by atoms with Crippen molar-refractivity contribution in [2.45, 2.75) is 31.1 Å². The number of carbonyl (C=O) groups excluding carboxylic acids is 1. The third-order valence-corrected chi connectivity index (χ3v) is 7.06. The highest BCUT2D eigenvalue weighted by Crippen LogP contribution is 2.22. The van der Waals surface area contributed by atoms with Crippen LogP contribution < -0.4 is 10.0 Å². The molecule has 164 valence electrons. The van der Waals surface area contributed by atoms with Crippen LogP contribution in [0.5, 0.6) is 0 Å². The lowest BCUT2D eigenvalue weighted by molar-refractivity contribution is 0.104. The van der Waals surface area contributed by atoms with Crippen molar-refractivity contribution in [3.63, 3.8) is 0 Å². The van der Waals surface area contributed by atoms with E-state index in [0.717, 1.165) is 24.5 Å². The Morgan fingerprint density at radius 1 is 1.06 bits per heavy atom. The summed E-state index contributed by atoms with van der Waals surface area (Å²) in [4.78, 5) is 17.4. The van der Waals surface area contributed by atoms with Crippen LogP contribution in [0.3, 0.4) is 0 Å². The minimum absolute atomic E-state index is 0.0331. The Morgan fingerprint density at radius 2 is 1.84 bits per heavy atom. The van der Waals surface area contributed by atoms with E-state index < -0.39 is 15.8 Å². The van der Waals surface area contributed by atoms with Crippen LogP contribution in [-0.2, 0) is 10.0 Å². The van der Waals surface area contributed by atoms with E-state index in [4.69, 9.17) is 0 Å². The summed E-state index contributed by atoms with van der Waals surface area (Å²) in [5, 5.41) is 3.88. The van der Waals surface area contributed by atoms with Crippen molar-refractivity contribution < 1.29 is 17.6 Å². The molecule has 2 N–H and O–H groups in total. The summed E-state index contributed by atoms with van der Waals surface area (Å²) >= 11 is 1.32. The average molecular weight is 462 g/mol. The molecule has 0 amide bonds. The molecule has 3 aromatic rings. The van der Waals surface area contributed by atoms with Crippen LogP contribution in [0, 0.1) is 12.7 Å². The summed E-state index contributed by atoms with van der Waals surface area (Å²) in [6.45, 7) is 2.86. The number of halogens is 1. The van der Waals surface area contributed by atoms with Crippen LogP contribution in [0.25, 0.3) is 0 Å². The monoisotopic (exact) mass is 461 g/mol. The lowest BCUT2D eigenvalue weighted by atomic mass is 10.0. The standard InChI is InChI=1S/C22H24FN3O3S2/c1-16-8-3-4-11-19(16)21(27)20-15-25-22(30-20)24-12-5-2-6-13-26-31(28,29)18-10-7-9-17(23)14-18/h3-4,7-11,14-15,26H,2,5-6,12-13H2,1H3,(H,24,25). The first-order valence-corrected chi connectivity index (χ1v) is 12.2. The molecule has 0 aliphatic heterocycles. The number of benzene rings is 2. The van der Waals surface area contributed by atoms with Crippen LogP contribution in [0.2, 0.25) is 0 Å². The number of sulfonamides is 1. The fourth-order valence-corrected chi connectivity index (χ4v) is 4.87. The SMILES string of the molecule is Cc1ccccc1C(=O)c1cnc(NCCCCCNS(=O)(=O)c2cccc(F)c2)s1. The van der Waals surface area contributed by atoms with Crippen LogP contribution in [0.4, 0.5) is 9.52 Å². The molecule has 0 aliphatic rings. The fraction of sp³-hybridized carbons (Fsp3) is 0.273. The molecule has 1 aromatic heterocycles. The van der Waals surface area contributed by atoms with Gasteiger partial charge in [-0.05, 0) is 43.5 Å². The molecule has 3 rings (SSSR count). The molecular formula is C22H24FN3O3S2. The molecule has 0 radical (unpaired) electrons. The highest BCUT2D eigenvalue weighted by atomic mass is 32.2. The summed E-state index contributed by atoms with van der Waals surface area (Å²) < 4.78 is 39.9. The van der Waals surface area contributed by atoms with Gasteiger partial charge in [0.1, 0.15) is 5.82 Å². The van der Waals surface area contributed by atoms with Gasteiger partial charge in [0.25, 0.3) is 0 Å². The van der Waals surface area contributed by atoms with Gasteiger partial charge in [0, 0.05) is 18.7 Å². The number of ketones is 1. The number of hydrogen-bond acceptors (Lipinski definition) is 6. The second-order valence-corrected chi connectivity index (χ2v) is 9.81. The Hall–Kier alpha value is -2.62. The van der Waals surface area contributed by atoms with Gasteiger partial charge in [0.2, 0.25) is 15.8 Å². The lowest BCUT2D eigenvalue weighted by Gasteiger charge is -2.07. The number of carbonyl (C=O) groups is 1. The highest BCUT2D eigenvalue weighted by molar-refractivity contribution is 7.89. The molecule has 9 heteroatoms. The van der Waals surface area contributed by atoms with Gasteiger partial charge in [-0.2, -0.15) is 0 Å². The number of aromatic nitrogens is 1. The topological polar surface area (TPSA) is 88.2 Å². The van der Waals surface area contributed by atoms with Crippen LogP contribution in [-0.4, -0.2) is 32.3 Å². The van der Waals surface area contributed by atoms with Gasteiger partial charge in [-0.15, -0.1) is 0 Å². The number of unbranched alkanes of at least 4 members (excludes halogenated alkanes) is 2. The van der Waals surface area contributed by atoms with Crippen molar-refractivity contribution in [2.75, 3.05) is 18.4 Å². The maximum atomic E-state index is 13.2. The maximum Gasteiger partial charge on any atom is 0.240 e. The number of nitrogens with one attached hydrogen (secondary N) is 2. The fourth-order valence-electron chi connectivity index (χ4n) is 2.97. The zero-order valence-corrected chi connectivity index (χ0v) is 18.7. The Morgan fingerprint density at radius 3 is 2.61 bits per heavy atom. The van der Waals surface area contributed by atoms with E-state index in [1.807, 2.05) is 31.2 Å². The van der Waals surface area contributed by atoms with E-state index in [-0.39, 0.29) is 17.2 Å². The second-order valence-electron chi connectivity index (χ2n) is 7.02. The number of rotatable bonds is 11. The van der Waals surface area contributed by atoms with E-state index in [0.29, 0.717) is 28.5 Å². The summed E-state index contributed by atoms with van der Waals surface area (Å²) in [6.07, 6.45) is 3.87. The van der Waals surface area contributed by atoms with Crippen molar-refractivity contribution in [1.82, 2.24) is 9.71 Å². The van der Waals surface area contributed by atoms with E-state index in [1.165, 1.54) is 29.5 Å². The highest BCUT2D eigenvalue weighted by Gasteiger charge is 2.15. The number of hydrogen-bond donors (Lipinski definition) is 2. The second kappa shape index (κ2) is 10.6. The van der Waals surface area contributed by atoms with Crippen LogP contribution in [0.1, 0.15) is 40.1 Å². The molecule has 0 fully saturated rings. The van der Waals surface area contributed by atoms with Crippen molar-refractivity contribution in [3.05, 3.63) is 76.5 Å². The summed E-state index contributed by atoms with van der Waals surface area (Å²) in [5.74, 6) is -0.617. The van der Waals surface area contributed by atoms with Gasteiger partial charge >= 0.3 is 0 Å². The molecule has 31 heavy (non-hydrogen) atoms. The molecule has 0 saturated carbocycles. The van der Waals surface area contributed by atoms with E-state index in [1.54, 1.807) is 6.20 Å². The molecule has 0 aliphatic carbocycles. The summed E-state index contributed by atoms with van der Waals surface area (Å²) in [7, 11) is -3.70. The Balaban J connectivity index is 1.37. The van der Waals surface area contributed by atoms with Crippen molar-refractivity contribution >= 4 is 32.3 Å². The number of aryl methyl sites for hydroxylation is 1. The minimum atomic E-state index is -3.70. The van der Waals surface area contributed by atoms with Gasteiger partial charge < -0.3 is 5.32 Å². The van der Waals surface area contributed by atoms with Crippen molar-refractivity contribution in [2.24, 2.45) is 0 Å². The van der Waals surface area contributed by atoms with Gasteiger partial charge in [-0.25, -0.2) is 22.5 Å². The van der Waals surface area contributed by atoms with Gasteiger partial charge in [0.15, 0.2) is 5.13 Å². The Bertz CT molecular complexity index is 1150. The number of anilines is 1. The van der Waals surface area contributed by atoms with Crippen molar-refractivity contribution in [3.8, 4) is 0 Å². The smallest absolute Gasteiger partial charge is 0.240 e. The number of nitrogens with zero attached hydrogens (tertiary/aromatic N) is 1. The lowest BCUT2D eigenvalue weighted by Crippen LogP contribution is -2.25. The van der Waals surface area contributed by atoms with Gasteiger partial charge in [0.05, 0.1) is 16.0 Å². The molecule has 0 saturated heterocycles. The zero-order chi connectivity index (χ0) is 22.3. The van der Waals surface area contributed by atoms with E-state index >= 15 is 0 Å². The zero-order valence-electron chi connectivity index (χ0n) is 17.1. The largest absolute Gasteiger partial charge is 0.362 e. The summed E-state index contributed by atoms with van der Waals surface area (Å²) in [5.41, 5.74) is 1.61. The Kier molecular flexibility index (Phi) is 7.89. The molecule has 0 unspecified atom stereocenters. The molecular weight excluding hydrogens is 437 g/mol. The minimum Gasteiger partial charge on any atom is -0.362 e. The third kappa shape index (κ3) is 6.43. The third-order valence-electron chi connectivity index (χ3n) is 4.65. The molecule has 2 aromatic carbocycles. The van der Waals surface area contributed by atoms with Crippen LogP contribution in [0.15, 0.2) is 59.6 Å². The van der Waals surface area contributed by atoms with E-state index in [2.05, 4.69) is 15.0 Å². The number of thiazole rings is 1. The van der Waals surface area contributed by atoms with Crippen molar-refractivity contribution in [1.29, 1.82) is 0 Å². The first kappa shape index (κ1) is 23.1. The van der Waals surface area contributed by atoms with Gasteiger partial charge in [-0.1, -0.05) is 48.1 Å². The Labute approximate surface area is 185 Å². The predicted molar refractivity (Wildman–Crippen MR) is 121 cm³/mol. The molecule has 6 nitrogen and oxygen atoms in total. The first-order chi connectivity index (χ1) is 14.9. The maximum absolute atomic E-state index is 13.2. The van der Waals surface area contributed by atoms with E-state index in [9.17, 15) is 17.6 Å². The van der Waals surface area contributed by atoms with Crippen LogP contribution >= 0.6 is 11.3 Å². The molecule has 0 atom stereocenters. The quantitative estimate of drug-likeness (QED) is 0.327. The summed E-state index contributed by atoms with van der Waals surface area (Å²) in [6, 6.07) is 12.4. The normalized spacial score (nSPS) is 11.4.